The van der Waals surface area contributed by atoms with E-state index in [0.717, 1.165) is 24.5 Å². The smallest absolute Gasteiger partial charge is 0.253 e. The summed E-state index contributed by atoms with van der Waals surface area (Å²) < 4.78 is 13.7. The molecule has 2 aromatic carbocycles. The molecule has 1 saturated carbocycles. The standard InChI is InChI=1S/C22H21ClFN5O/c23-15-3-1-14(2-4-15)22(30)29-11-9-28(10-12-29)21-20(25-17-6-7-17)26-18-8-5-16(24)13-19(18)27-21/h1-5,8,13,17H,6-7,9-12H2,(H,25,26). The van der Waals surface area contributed by atoms with Crippen molar-refractivity contribution in [1.82, 2.24) is 14.9 Å². The molecule has 2 aliphatic rings. The van der Waals surface area contributed by atoms with E-state index in [9.17, 15) is 9.18 Å². The van der Waals surface area contributed by atoms with Gasteiger partial charge in [-0.1, -0.05) is 11.6 Å². The van der Waals surface area contributed by atoms with Crippen molar-refractivity contribution in [3.63, 3.8) is 0 Å². The van der Waals surface area contributed by atoms with Crippen LogP contribution in [0, 0.1) is 5.82 Å². The number of carbonyl (C=O) groups excluding carboxylic acids is 1. The van der Waals surface area contributed by atoms with Gasteiger partial charge in [0.25, 0.3) is 5.91 Å². The van der Waals surface area contributed by atoms with E-state index < -0.39 is 0 Å². The van der Waals surface area contributed by atoms with Crippen LogP contribution in [0.15, 0.2) is 42.5 Å². The summed E-state index contributed by atoms with van der Waals surface area (Å²) in [4.78, 5) is 26.2. The second-order valence-electron chi connectivity index (χ2n) is 7.73. The molecule has 1 aromatic heterocycles. The minimum Gasteiger partial charge on any atom is -0.364 e. The second kappa shape index (κ2) is 7.72. The lowest BCUT2D eigenvalue weighted by Gasteiger charge is -2.36. The molecule has 0 bridgehead atoms. The quantitative estimate of drug-likeness (QED) is 0.685. The molecule has 6 nitrogen and oxygen atoms in total. The Balaban J connectivity index is 1.37. The van der Waals surface area contributed by atoms with Gasteiger partial charge in [0.05, 0.1) is 11.0 Å². The lowest BCUT2D eigenvalue weighted by Crippen LogP contribution is -2.49. The van der Waals surface area contributed by atoms with Gasteiger partial charge in [0.15, 0.2) is 11.6 Å². The predicted molar refractivity (Wildman–Crippen MR) is 116 cm³/mol. The number of piperazine rings is 1. The average molecular weight is 426 g/mol. The van der Waals surface area contributed by atoms with Crippen molar-refractivity contribution < 1.29 is 9.18 Å². The third kappa shape index (κ3) is 3.89. The zero-order valence-corrected chi connectivity index (χ0v) is 17.1. The topological polar surface area (TPSA) is 61.4 Å². The Hall–Kier alpha value is -2.93. The molecular formula is C22H21ClFN5O. The number of aromatic nitrogens is 2. The first-order chi connectivity index (χ1) is 14.6. The molecule has 8 heteroatoms. The van der Waals surface area contributed by atoms with Crippen LogP contribution in [-0.4, -0.2) is 53.0 Å². The summed E-state index contributed by atoms with van der Waals surface area (Å²) in [5.74, 6) is 1.12. The van der Waals surface area contributed by atoms with E-state index in [-0.39, 0.29) is 11.7 Å². The summed E-state index contributed by atoms with van der Waals surface area (Å²) in [7, 11) is 0. The number of amides is 1. The van der Waals surface area contributed by atoms with Crippen LogP contribution in [0.1, 0.15) is 23.2 Å². The maximum atomic E-state index is 13.7. The highest BCUT2D eigenvalue weighted by Crippen LogP contribution is 2.31. The molecule has 1 aliphatic carbocycles. The Morgan fingerprint density at radius 3 is 2.43 bits per heavy atom. The van der Waals surface area contributed by atoms with E-state index in [0.29, 0.717) is 53.8 Å². The van der Waals surface area contributed by atoms with Gasteiger partial charge in [-0.2, -0.15) is 0 Å². The van der Waals surface area contributed by atoms with Crippen LogP contribution in [-0.2, 0) is 0 Å². The second-order valence-corrected chi connectivity index (χ2v) is 8.17. The number of carbonyl (C=O) groups is 1. The van der Waals surface area contributed by atoms with Gasteiger partial charge < -0.3 is 15.1 Å². The Labute approximate surface area is 178 Å². The molecule has 154 valence electrons. The summed E-state index contributed by atoms with van der Waals surface area (Å²) in [6, 6.07) is 11.8. The Morgan fingerprint density at radius 2 is 1.73 bits per heavy atom. The number of hydrogen-bond acceptors (Lipinski definition) is 5. The van der Waals surface area contributed by atoms with Crippen molar-refractivity contribution in [3.8, 4) is 0 Å². The number of benzene rings is 2. The first-order valence-corrected chi connectivity index (χ1v) is 10.5. The fourth-order valence-corrected chi connectivity index (χ4v) is 3.78. The van der Waals surface area contributed by atoms with Crippen molar-refractivity contribution >= 4 is 40.2 Å². The molecule has 1 N–H and O–H groups in total. The number of fused-ring (bicyclic) bond motifs is 1. The van der Waals surface area contributed by atoms with Gasteiger partial charge in [-0.3, -0.25) is 4.79 Å². The number of rotatable bonds is 4. The molecule has 30 heavy (non-hydrogen) atoms. The Bertz CT molecular complexity index is 1090. The van der Waals surface area contributed by atoms with Crippen LogP contribution in [0.3, 0.4) is 0 Å². The van der Waals surface area contributed by atoms with E-state index in [1.54, 1.807) is 30.3 Å². The number of nitrogens with one attached hydrogen (secondary N) is 1. The van der Waals surface area contributed by atoms with Crippen molar-refractivity contribution in [1.29, 1.82) is 0 Å². The fraction of sp³-hybridized carbons (Fsp3) is 0.318. The van der Waals surface area contributed by atoms with Gasteiger partial charge in [-0.25, -0.2) is 14.4 Å². The predicted octanol–water partition coefficient (Wildman–Crippen LogP) is 3.96. The SMILES string of the molecule is O=C(c1ccc(Cl)cc1)N1CCN(c2nc3cc(F)ccc3nc2NC2CC2)CC1. The first kappa shape index (κ1) is 19.1. The fourth-order valence-electron chi connectivity index (χ4n) is 3.65. The summed E-state index contributed by atoms with van der Waals surface area (Å²) in [5.41, 5.74) is 1.83. The van der Waals surface area contributed by atoms with Gasteiger partial charge in [0.1, 0.15) is 5.82 Å². The third-order valence-electron chi connectivity index (χ3n) is 5.48. The molecular weight excluding hydrogens is 405 g/mol. The molecule has 5 rings (SSSR count). The molecule has 3 aromatic rings. The highest BCUT2D eigenvalue weighted by Gasteiger charge is 2.28. The monoisotopic (exact) mass is 425 g/mol. The van der Waals surface area contributed by atoms with Crippen LogP contribution in [0.4, 0.5) is 16.0 Å². The number of halogens is 2. The van der Waals surface area contributed by atoms with Crippen molar-refractivity contribution in [3.05, 3.63) is 58.9 Å². The number of anilines is 2. The van der Waals surface area contributed by atoms with Crippen molar-refractivity contribution in [2.75, 3.05) is 36.4 Å². The van der Waals surface area contributed by atoms with Crippen LogP contribution < -0.4 is 10.2 Å². The van der Waals surface area contributed by atoms with Gasteiger partial charge >= 0.3 is 0 Å². The van der Waals surface area contributed by atoms with Gasteiger partial charge in [0.2, 0.25) is 0 Å². The molecule has 0 unspecified atom stereocenters. The Kier molecular flexibility index (Phi) is 4.90. The highest BCUT2D eigenvalue weighted by atomic mass is 35.5. The molecule has 2 heterocycles. The van der Waals surface area contributed by atoms with Crippen molar-refractivity contribution in [2.24, 2.45) is 0 Å². The lowest BCUT2D eigenvalue weighted by atomic mass is 10.2. The molecule has 1 saturated heterocycles. The maximum absolute atomic E-state index is 13.7. The van der Waals surface area contributed by atoms with Crippen molar-refractivity contribution in [2.45, 2.75) is 18.9 Å². The maximum Gasteiger partial charge on any atom is 0.253 e. The summed E-state index contributed by atoms with van der Waals surface area (Å²) in [6.45, 7) is 2.42. The van der Waals surface area contributed by atoms with E-state index in [1.165, 1.54) is 12.1 Å². The molecule has 2 fully saturated rings. The third-order valence-corrected chi connectivity index (χ3v) is 5.74. The molecule has 1 aliphatic heterocycles. The van der Waals surface area contributed by atoms with Gasteiger partial charge in [-0.15, -0.1) is 0 Å². The Morgan fingerprint density at radius 1 is 1.00 bits per heavy atom. The molecule has 0 atom stereocenters. The molecule has 1 amide bonds. The lowest BCUT2D eigenvalue weighted by molar-refractivity contribution is 0.0746. The van der Waals surface area contributed by atoms with Gasteiger partial charge in [0, 0.05) is 48.9 Å². The zero-order chi connectivity index (χ0) is 20.7. The van der Waals surface area contributed by atoms with Crippen LogP contribution in [0.5, 0.6) is 0 Å². The molecule has 0 spiro atoms. The first-order valence-electron chi connectivity index (χ1n) is 10.1. The number of nitrogens with zero attached hydrogens (tertiary/aromatic N) is 4. The minimum atomic E-state index is -0.330. The zero-order valence-electron chi connectivity index (χ0n) is 16.3. The van der Waals surface area contributed by atoms with E-state index >= 15 is 0 Å². The van der Waals surface area contributed by atoms with E-state index in [2.05, 4.69) is 10.2 Å². The van der Waals surface area contributed by atoms with Crippen LogP contribution in [0.2, 0.25) is 5.02 Å². The van der Waals surface area contributed by atoms with Crippen LogP contribution in [0.25, 0.3) is 11.0 Å². The van der Waals surface area contributed by atoms with E-state index in [1.807, 2.05) is 4.90 Å². The summed E-state index contributed by atoms with van der Waals surface area (Å²) >= 11 is 5.92. The minimum absolute atomic E-state index is 0.00527. The summed E-state index contributed by atoms with van der Waals surface area (Å²) in [6.07, 6.45) is 2.23. The summed E-state index contributed by atoms with van der Waals surface area (Å²) in [5, 5.41) is 4.06. The highest BCUT2D eigenvalue weighted by molar-refractivity contribution is 6.30. The number of hydrogen-bond donors (Lipinski definition) is 1. The van der Waals surface area contributed by atoms with Crippen LogP contribution >= 0.6 is 11.6 Å². The molecule has 0 radical (unpaired) electrons. The average Bonchev–Trinajstić information content (AvgIpc) is 3.58. The largest absolute Gasteiger partial charge is 0.364 e. The van der Waals surface area contributed by atoms with E-state index in [4.69, 9.17) is 21.6 Å². The normalized spacial score (nSPS) is 16.7. The van der Waals surface area contributed by atoms with Gasteiger partial charge in [-0.05, 0) is 49.2 Å².